The summed E-state index contributed by atoms with van der Waals surface area (Å²) >= 11 is 0. The second kappa shape index (κ2) is 12.4. The molecule has 1 aromatic rings. The summed E-state index contributed by atoms with van der Waals surface area (Å²) in [5.74, 6) is 0.869. The van der Waals surface area contributed by atoms with Gasteiger partial charge in [-0.25, -0.2) is 4.39 Å². The van der Waals surface area contributed by atoms with Gasteiger partial charge in [-0.05, 0) is 30.5 Å². The van der Waals surface area contributed by atoms with Crippen LogP contribution in [-0.2, 0) is 14.3 Å². The third-order valence-corrected chi connectivity index (χ3v) is 5.65. The number of morpholine rings is 1. The smallest absolute Gasteiger partial charge is 0.225 e. The van der Waals surface area contributed by atoms with Gasteiger partial charge >= 0.3 is 0 Å². The van der Waals surface area contributed by atoms with Gasteiger partial charge in [0.2, 0.25) is 5.91 Å². The Kier molecular flexibility index (Phi) is 10.3. The Bertz CT molecular complexity index is 690. The van der Waals surface area contributed by atoms with Gasteiger partial charge in [0.25, 0.3) is 0 Å². The number of amides is 1. The van der Waals surface area contributed by atoms with Crippen molar-refractivity contribution in [2.75, 3.05) is 60.1 Å². The van der Waals surface area contributed by atoms with E-state index in [1.54, 1.807) is 26.3 Å². The van der Waals surface area contributed by atoms with Crippen molar-refractivity contribution < 1.29 is 18.7 Å². The van der Waals surface area contributed by atoms with Crippen molar-refractivity contribution in [1.82, 2.24) is 15.1 Å². The van der Waals surface area contributed by atoms with Crippen molar-refractivity contribution in [3.63, 3.8) is 0 Å². The molecule has 2 aliphatic heterocycles. The highest BCUT2D eigenvalue weighted by molar-refractivity contribution is 14.0. The Labute approximate surface area is 195 Å². The molecule has 1 atom stereocenters. The van der Waals surface area contributed by atoms with Gasteiger partial charge in [0, 0.05) is 52.8 Å². The molecule has 7 nitrogen and oxygen atoms in total. The third-order valence-electron chi connectivity index (χ3n) is 5.65. The monoisotopic (exact) mass is 534 g/mol. The maximum absolute atomic E-state index is 13.2. The molecule has 1 aromatic carbocycles. The molecule has 2 fully saturated rings. The number of aliphatic imine (C=N–C) groups is 1. The molecule has 168 valence electrons. The molecule has 1 amide bonds. The predicted molar refractivity (Wildman–Crippen MR) is 125 cm³/mol. The Hall–Kier alpha value is -1.46. The number of carbonyl (C=O) groups is 1. The molecule has 30 heavy (non-hydrogen) atoms. The number of halogens is 2. The molecule has 0 aromatic heterocycles. The van der Waals surface area contributed by atoms with Crippen LogP contribution < -0.4 is 5.32 Å². The first kappa shape index (κ1) is 24.8. The first-order valence-corrected chi connectivity index (χ1v) is 10.2. The van der Waals surface area contributed by atoms with Gasteiger partial charge in [-0.15, -0.1) is 24.0 Å². The van der Waals surface area contributed by atoms with Crippen LogP contribution in [0.3, 0.4) is 0 Å². The van der Waals surface area contributed by atoms with Crippen molar-refractivity contribution in [3.8, 4) is 0 Å². The minimum atomic E-state index is -0.262. The summed E-state index contributed by atoms with van der Waals surface area (Å²) in [7, 11) is 3.40. The zero-order valence-electron chi connectivity index (χ0n) is 17.7. The zero-order chi connectivity index (χ0) is 20.6. The normalized spacial score (nSPS) is 19.2. The molecule has 1 unspecified atom stereocenters. The van der Waals surface area contributed by atoms with Gasteiger partial charge < -0.3 is 24.6 Å². The molecule has 3 rings (SSSR count). The number of nitrogens with one attached hydrogen (secondary N) is 1. The van der Waals surface area contributed by atoms with Gasteiger partial charge in [0.1, 0.15) is 5.82 Å². The summed E-state index contributed by atoms with van der Waals surface area (Å²) in [6.45, 7) is 4.77. The van der Waals surface area contributed by atoms with E-state index in [1.165, 1.54) is 12.1 Å². The van der Waals surface area contributed by atoms with Crippen LogP contribution in [0, 0.1) is 11.7 Å². The number of methoxy groups -OCH3 is 1. The van der Waals surface area contributed by atoms with E-state index in [9.17, 15) is 9.18 Å². The molecule has 9 heteroatoms. The largest absolute Gasteiger partial charge is 0.378 e. The van der Waals surface area contributed by atoms with Gasteiger partial charge in [0.05, 0.1) is 19.3 Å². The standard InChI is InChI=1S/C21H31FN4O3.HI/c1-23-21(24-15-19(28-2)16-3-5-18(22)6-4-16)26-9-7-17(8-10-26)20(27)25-11-13-29-14-12-25;/h3-6,17,19H,7-15H2,1-2H3,(H,23,24);1H. The van der Waals surface area contributed by atoms with Gasteiger partial charge in [-0.1, -0.05) is 12.1 Å². The van der Waals surface area contributed by atoms with Crippen molar-refractivity contribution in [1.29, 1.82) is 0 Å². The van der Waals surface area contributed by atoms with E-state index in [2.05, 4.69) is 15.2 Å². The molecule has 2 heterocycles. The lowest BCUT2D eigenvalue weighted by Gasteiger charge is -2.37. The average Bonchev–Trinajstić information content (AvgIpc) is 2.78. The summed E-state index contributed by atoms with van der Waals surface area (Å²) in [5.41, 5.74) is 0.909. The number of hydrogen-bond acceptors (Lipinski definition) is 4. The lowest BCUT2D eigenvalue weighted by Crippen LogP contribution is -2.50. The van der Waals surface area contributed by atoms with E-state index in [4.69, 9.17) is 9.47 Å². The summed E-state index contributed by atoms with van der Waals surface area (Å²) < 4.78 is 24.1. The fraction of sp³-hybridized carbons (Fsp3) is 0.619. The fourth-order valence-corrected chi connectivity index (χ4v) is 3.91. The lowest BCUT2D eigenvalue weighted by atomic mass is 9.95. The Morgan fingerprint density at radius 1 is 1.20 bits per heavy atom. The van der Waals surface area contributed by atoms with E-state index in [0.29, 0.717) is 32.8 Å². The Balaban J connectivity index is 0.00000320. The third kappa shape index (κ3) is 6.52. The minimum absolute atomic E-state index is 0. The highest BCUT2D eigenvalue weighted by Gasteiger charge is 2.30. The molecule has 0 bridgehead atoms. The van der Waals surface area contributed by atoms with Crippen molar-refractivity contribution in [2.45, 2.75) is 18.9 Å². The number of rotatable bonds is 5. The number of carbonyl (C=O) groups excluding carboxylic acids is 1. The van der Waals surface area contributed by atoms with Crippen LogP contribution in [0.1, 0.15) is 24.5 Å². The molecule has 0 spiro atoms. The van der Waals surface area contributed by atoms with E-state index in [-0.39, 0.29) is 47.7 Å². The summed E-state index contributed by atoms with van der Waals surface area (Å²) in [6, 6.07) is 6.34. The van der Waals surface area contributed by atoms with Crippen molar-refractivity contribution in [3.05, 3.63) is 35.6 Å². The molecule has 0 saturated carbocycles. The molecule has 0 aliphatic carbocycles. The summed E-state index contributed by atoms with van der Waals surface area (Å²) in [4.78, 5) is 21.2. The van der Waals surface area contributed by atoms with E-state index in [0.717, 1.165) is 37.5 Å². The zero-order valence-corrected chi connectivity index (χ0v) is 20.0. The molecular weight excluding hydrogens is 502 g/mol. The second-order valence-corrected chi connectivity index (χ2v) is 7.40. The number of nitrogens with zero attached hydrogens (tertiary/aromatic N) is 3. The van der Waals surface area contributed by atoms with Crippen LogP contribution in [0.5, 0.6) is 0 Å². The van der Waals surface area contributed by atoms with Crippen LogP contribution in [0.2, 0.25) is 0 Å². The lowest BCUT2D eigenvalue weighted by molar-refractivity contribution is -0.140. The number of piperidine rings is 1. The van der Waals surface area contributed by atoms with Crippen LogP contribution in [0.25, 0.3) is 0 Å². The first-order chi connectivity index (χ1) is 14.1. The van der Waals surface area contributed by atoms with Crippen molar-refractivity contribution >= 4 is 35.8 Å². The van der Waals surface area contributed by atoms with E-state index < -0.39 is 0 Å². The van der Waals surface area contributed by atoms with E-state index in [1.807, 2.05) is 4.90 Å². The van der Waals surface area contributed by atoms with Gasteiger partial charge in [0.15, 0.2) is 5.96 Å². The van der Waals surface area contributed by atoms with Crippen LogP contribution in [0.4, 0.5) is 4.39 Å². The maximum Gasteiger partial charge on any atom is 0.225 e. The first-order valence-electron chi connectivity index (χ1n) is 10.2. The Morgan fingerprint density at radius 3 is 2.40 bits per heavy atom. The quantitative estimate of drug-likeness (QED) is 0.357. The van der Waals surface area contributed by atoms with E-state index >= 15 is 0 Å². The second-order valence-electron chi connectivity index (χ2n) is 7.40. The average molecular weight is 534 g/mol. The summed E-state index contributed by atoms with van der Waals surface area (Å²) in [6.07, 6.45) is 1.44. The predicted octanol–water partition coefficient (Wildman–Crippen LogP) is 2.28. The van der Waals surface area contributed by atoms with Crippen LogP contribution >= 0.6 is 24.0 Å². The highest BCUT2D eigenvalue weighted by atomic mass is 127. The number of ether oxygens (including phenoxy) is 2. The number of hydrogen-bond donors (Lipinski definition) is 1. The Morgan fingerprint density at radius 2 is 1.83 bits per heavy atom. The maximum atomic E-state index is 13.2. The van der Waals surface area contributed by atoms with Gasteiger partial charge in [-0.3, -0.25) is 9.79 Å². The molecule has 2 aliphatic rings. The summed E-state index contributed by atoms with van der Waals surface area (Å²) in [5, 5.41) is 3.36. The van der Waals surface area contributed by atoms with Crippen LogP contribution in [-0.4, -0.2) is 81.8 Å². The SMILES string of the molecule is CN=C(NCC(OC)c1ccc(F)cc1)N1CCC(C(=O)N2CCOCC2)CC1.I. The molecule has 0 radical (unpaired) electrons. The fourth-order valence-electron chi connectivity index (χ4n) is 3.91. The molecular formula is C21H32FIN4O3. The number of benzene rings is 1. The minimum Gasteiger partial charge on any atom is -0.378 e. The van der Waals surface area contributed by atoms with Crippen molar-refractivity contribution in [2.24, 2.45) is 10.9 Å². The van der Waals surface area contributed by atoms with Gasteiger partial charge in [-0.2, -0.15) is 0 Å². The molecule has 2 saturated heterocycles. The van der Waals surface area contributed by atoms with Crippen LogP contribution in [0.15, 0.2) is 29.3 Å². The number of guanidine groups is 1. The topological polar surface area (TPSA) is 66.4 Å². The highest BCUT2D eigenvalue weighted by Crippen LogP contribution is 2.21. The molecule has 1 N–H and O–H groups in total. The number of likely N-dealkylation sites (tertiary alicyclic amines) is 1.